The van der Waals surface area contributed by atoms with Crippen LogP contribution in [-0.4, -0.2) is 72.7 Å². The number of aryl methyl sites for hydroxylation is 1. The average Bonchev–Trinajstić information content (AvgIpc) is 3.62. The molecule has 2 aromatic carbocycles. The molecule has 11 nitrogen and oxygen atoms in total. The Balaban J connectivity index is 1.15. The van der Waals surface area contributed by atoms with E-state index in [0.29, 0.717) is 52.4 Å². The second-order valence-corrected chi connectivity index (χ2v) is 22.4. The Morgan fingerprint density at radius 3 is 2.57 bits per heavy atom. The number of halogens is 1. The van der Waals surface area contributed by atoms with E-state index in [2.05, 4.69) is 48.1 Å². The molecular formula is C38H50ClN7O4Si. The number of carbonyl (C=O) groups is 1. The lowest BCUT2D eigenvalue weighted by Crippen LogP contribution is -2.54. The highest BCUT2D eigenvalue weighted by Gasteiger charge is 2.39. The van der Waals surface area contributed by atoms with Gasteiger partial charge < -0.3 is 23.7 Å². The van der Waals surface area contributed by atoms with Crippen LogP contribution in [0.2, 0.25) is 30.7 Å². The summed E-state index contributed by atoms with van der Waals surface area (Å²) in [4.78, 5) is 29.0. The van der Waals surface area contributed by atoms with Gasteiger partial charge in [-0.3, -0.25) is 9.67 Å². The number of aromatic nitrogens is 6. The lowest BCUT2D eigenvalue weighted by molar-refractivity contribution is -0.0163. The van der Waals surface area contributed by atoms with Crippen molar-refractivity contribution in [3.63, 3.8) is 0 Å². The van der Waals surface area contributed by atoms with E-state index in [-0.39, 0.29) is 11.6 Å². The molecule has 0 saturated carbocycles. The van der Waals surface area contributed by atoms with Gasteiger partial charge in [-0.25, -0.2) is 14.8 Å². The summed E-state index contributed by atoms with van der Waals surface area (Å²) in [5.41, 5.74) is 3.70. The third-order valence-electron chi connectivity index (χ3n) is 9.24. The smallest absolute Gasteiger partial charge is 0.410 e. The van der Waals surface area contributed by atoms with Crippen molar-refractivity contribution in [3.05, 3.63) is 59.8 Å². The fourth-order valence-electron chi connectivity index (χ4n) is 6.56. The van der Waals surface area contributed by atoms with Gasteiger partial charge in [-0.05, 0) is 90.6 Å². The van der Waals surface area contributed by atoms with Gasteiger partial charge in [0.15, 0.2) is 0 Å². The maximum absolute atomic E-state index is 12.9. The van der Waals surface area contributed by atoms with E-state index in [1.807, 2.05) is 73.8 Å². The topological polar surface area (TPSA) is 109 Å². The van der Waals surface area contributed by atoms with Crippen LogP contribution < -0.4 is 4.74 Å². The highest BCUT2D eigenvalue weighted by atomic mass is 35.5. The van der Waals surface area contributed by atoms with Gasteiger partial charge >= 0.3 is 6.09 Å². The summed E-state index contributed by atoms with van der Waals surface area (Å²) in [6.45, 7) is 21.5. The number of hydrogen-bond donors (Lipinski definition) is 0. The van der Waals surface area contributed by atoms with Crippen LogP contribution in [0.25, 0.3) is 33.3 Å². The summed E-state index contributed by atoms with van der Waals surface area (Å²) >= 11 is 6.94. The summed E-state index contributed by atoms with van der Waals surface area (Å²) < 4.78 is 22.1. The molecule has 1 aliphatic rings. The molecule has 5 aromatic rings. The first-order valence-corrected chi connectivity index (χ1v) is 21.8. The predicted molar refractivity (Wildman–Crippen MR) is 204 cm³/mol. The van der Waals surface area contributed by atoms with Crippen molar-refractivity contribution in [1.82, 2.24) is 34.2 Å². The van der Waals surface area contributed by atoms with Gasteiger partial charge in [0.2, 0.25) is 0 Å². The number of imidazole rings is 1. The van der Waals surface area contributed by atoms with Crippen LogP contribution in [0.5, 0.6) is 11.5 Å². The second kappa shape index (κ2) is 14.2. The van der Waals surface area contributed by atoms with Crippen molar-refractivity contribution in [2.75, 3.05) is 13.2 Å². The molecule has 1 saturated heterocycles. The normalized spacial score (nSPS) is 16.6. The second-order valence-electron chi connectivity index (χ2n) is 16.4. The number of hydrogen-bond acceptors (Lipinski definition) is 8. The van der Waals surface area contributed by atoms with Crippen molar-refractivity contribution in [3.8, 4) is 22.8 Å². The highest BCUT2D eigenvalue weighted by molar-refractivity contribution is 6.76. The quantitative estimate of drug-likeness (QED) is 0.103. The van der Waals surface area contributed by atoms with Gasteiger partial charge in [0.1, 0.15) is 40.2 Å². The molecule has 51 heavy (non-hydrogen) atoms. The first-order valence-electron chi connectivity index (χ1n) is 17.7. The van der Waals surface area contributed by atoms with Gasteiger partial charge in [-0.15, -0.1) is 0 Å². The molecular weight excluding hydrogens is 682 g/mol. The number of nitrogens with zero attached hydrogens (tertiary/aromatic N) is 7. The molecule has 3 aromatic heterocycles. The Morgan fingerprint density at radius 1 is 1.08 bits per heavy atom. The molecule has 1 unspecified atom stereocenters. The first kappa shape index (κ1) is 36.8. The summed E-state index contributed by atoms with van der Waals surface area (Å²) in [6.07, 6.45) is 7.00. The number of carbonyl (C=O) groups excluding carboxylic acids is 1. The Morgan fingerprint density at radius 2 is 1.84 bits per heavy atom. The first-order chi connectivity index (χ1) is 24.0. The largest absolute Gasteiger partial charge is 0.456 e. The molecule has 272 valence electrons. The zero-order valence-electron chi connectivity index (χ0n) is 31.3. The van der Waals surface area contributed by atoms with Gasteiger partial charge in [-0.2, -0.15) is 5.10 Å². The zero-order valence-corrected chi connectivity index (χ0v) is 33.0. The number of benzene rings is 2. The van der Waals surface area contributed by atoms with Crippen LogP contribution in [0.15, 0.2) is 48.9 Å². The molecule has 1 fully saturated rings. The monoisotopic (exact) mass is 731 g/mol. The molecule has 1 aliphatic heterocycles. The standard InChI is InChI=1S/C38H50ClN7O4Si/c1-25-42-29-11-10-28(18-32(29)45(25)24-48-16-17-51(7,8)9)49-33-13-12-30-35(34(33)39)43-31(21-40-30)27-20-41-44(23-27)22-26-14-15-46(38(5,6)19-26)36(47)50-37(2,3)4/h10-13,18,20-21,23,26H,14-17,19,22,24H2,1-9H3. The molecule has 0 bridgehead atoms. The molecule has 0 N–H and O–H groups in total. The van der Waals surface area contributed by atoms with Crippen molar-refractivity contribution in [2.24, 2.45) is 5.92 Å². The molecule has 0 aliphatic carbocycles. The number of rotatable bonds is 10. The molecule has 0 radical (unpaired) electrons. The molecule has 13 heteroatoms. The lowest BCUT2D eigenvalue weighted by atomic mass is 9.83. The molecule has 1 atom stereocenters. The fourth-order valence-corrected chi connectivity index (χ4v) is 7.56. The highest BCUT2D eigenvalue weighted by Crippen LogP contribution is 2.37. The third kappa shape index (κ3) is 8.73. The number of ether oxygens (including phenoxy) is 3. The Hall–Kier alpha value is -4.00. The summed E-state index contributed by atoms with van der Waals surface area (Å²) in [5, 5.41) is 5.03. The van der Waals surface area contributed by atoms with Crippen molar-refractivity contribution < 1.29 is 19.0 Å². The van der Waals surface area contributed by atoms with E-state index in [0.717, 1.165) is 54.5 Å². The van der Waals surface area contributed by atoms with Gasteiger partial charge in [0.25, 0.3) is 0 Å². The number of amides is 1. The fraction of sp³-hybridized carbons (Fsp3) is 0.500. The number of piperidine rings is 1. The van der Waals surface area contributed by atoms with E-state index in [1.54, 1.807) is 12.4 Å². The van der Waals surface area contributed by atoms with Crippen LogP contribution in [-0.2, 0) is 22.7 Å². The minimum atomic E-state index is -1.18. The van der Waals surface area contributed by atoms with E-state index in [1.165, 1.54) is 0 Å². The van der Waals surface area contributed by atoms with E-state index < -0.39 is 13.7 Å². The molecule has 6 rings (SSSR count). The van der Waals surface area contributed by atoms with Crippen LogP contribution >= 0.6 is 11.6 Å². The van der Waals surface area contributed by atoms with Crippen LogP contribution in [0.3, 0.4) is 0 Å². The summed E-state index contributed by atoms with van der Waals surface area (Å²) in [6, 6.07) is 10.6. The Bertz CT molecular complexity index is 2050. The predicted octanol–water partition coefficient (Wildman–Crippen LogP) is 9.34. The third-order valence-corrected chi connectivity index (χ3v) is 11.3. The Labute approximate surface area is 306 Å². The van der Waals surface area contributed by atoms with Gasteiger partial charge in [0.05, 0.1) is 34.6 Å². The van der Waals surface area contributed by atoms with Crippen molar-refractivity contribution >= 4 is 47.8 Å². The van der Waals surface area contributed by atoms with Crippen LogP contribution in [0, 0.1) is 12.8 Å². The molecule has 0 spiro atoms. The molecule has 4 heterocycles. The van der Waals surface area contributed by atoms with E-state index in [9.17, 15) is 4.79 Å². The van der Waals surface area contributed by atoms with Crippen molar-refractivity contribution in [2.45, 2.75) is 104 Å². The molecule has 1 amide bonds. The lowest BCUT2D eigenvalue weighted by Gasteiger charge is -2.45. The van der Waals surface area contributed by atoms with Gasteiger partial charge in [0, 0.05) is 51.1 Å². The maximum Gasteiger partial charge on any atom is 0.410 e. The zero-order chi connectivity index (χ0) is 36.7. The minimum Gasteiger partial charge on any atom is -0.456 e. The summed E-state index contributed by atoms with van der Waals surface area (Å²) in [7, 11) is -1.18. The average molecular weight is 732 g/mol. The van der Waals surface area contributed by atoms with Crippen molar-refractivity contribution in [1.29, 1.82) is 0 Å². The number of likely N-dealkylation sites (tertiary alicyclic amines) is 1. The van der Waals surface area contributed by atoms with Gasteiger partial charge in [-0.1, -0.05) is 31.2 Å². The SMILES string of the molecule is Cc1nc2ccc(Oc3ccc4ncc(-c5cnn(CC6CCN(C(=O)OC(C)(C)C)C(C)(C)C6)c5)nc4c3Cl)cc2n1COCC[Si](C)(C)C. The Kier molecular flexibility index (Phi) is 10.2. The van der Waals surface area contributed by atoms with Crippen LogP contribution in [0.1, 0.15) is 53.3 Å². The summed E-state index contributed by atoms with van der Waals surface area (Å²) in [5.74, 6) is 2.36. The maximum atomic E-state index is 12.9. The minimum absolute atomic E-state index is 0.258. The van der Waals surface area contributed by atoms with E-state index >= 15 is 0 Å². The number of fused-ring (bicyclic) bond motifs is 2. The van der Waals surface area contributed by atoms with E-state index in [4.69, 9.17) is 35.8 Å². The van der Waals surface area contributed by atoms with Crippen LogP contribution in [0.4, 0.5) is 4.79 Å².